The van der Waals surface area contributed by atoms with E-state index in [-0.39, 0.29) is 35.7 Å². The highest BCUT2D eigenvalue weighted by atomic mass is 35.5. The highest BCUT2D eigenvalue weighted by Gasteiger charge is 2.03. The van der Waals surface area contributed by atoms with Crippen LogP contribution < -0.4 is 5.43 Å². The van der Waals surface area contributed by atoms with Crippen LogP contribution >= 0.6 is 36.2 Å². The molecule has 0 fully saturated rings. The Morgan fingerprint density at radius 1 is 0.722 bits per heavy atom. The van der Waals surface area contributed by atoms with Crippen LogP contribution in [0.25, 0.3) is 20.2 Å². The summed E-state index contributed by atoms with van der Waals surface area (Å²) in [5.41, 5.74) is 0.139. The van der Waals surface area contributed by atoms with E-state index in [4.69, 9.17) is 0 Å². The van der Waals surface area contributed by atoms with Gasteiger partial charge >= 0.3 is 0 Å². The lowest BCUT2D eigenvalue weighted by atomic mass is 10.2. The Bertz CT molecular complexity index is 653. The molecule has 0 aliphatic rings. The van der Waals surface area contributed by atoms with Crippen molar-refractivity contribution in [2.75, 3.05) is 0 Å². The molecular weight excluding hydrogens is 291 g/mol. The van der Waals surface area contributed by atoms with Gasteiger partial charge in [0.1, 0.15) is 0 Å². The zero-order valence-electron chi connectivity index (χ0n) is 9.25. The van der Waals surface area contributed by atoms with E-state index >= 15 is 0 Å². The molecule has 18 heavy (non-hydrogen) atoms. The third-order valence-corrected chi connectivity index (χ3v) is 3.64. The van der Waals surface area contributed by atoms with Crippen LogP contribution in [0.3, 0.4) is 0 Å². The monoisotopic (exact) mass is 302 g/mol. The molecule has 0 saturated heterocycles. The summed E-state index contributed by atoms with van der Waals surface area (Å²) in [7, 11) is 0. The van der Waals surface area contributed by atoms with Crippen molar-refractivity contribution in [3.63, 3.8) is 0 Å². The molecule has 1 aromatic heterocycles. The Morgan fingerprint density at radius 3 is 1.56 bits per heavy atom. The van der Waals surface area contributed by atoms with Crippen molar-refractivity contribution in [3.8, 4) is 0 Å². The van der Waals surface area contributed by atoms with Crippen molar-refractivity contribution in [2.45, 2.75) is 0 Å². The quantitative estimate of drug-likeness (QED) is 0.587. The Labute approximate surface area is 120 Å². The Morgan fingerprint density at radius 2 is 1.11 bits per heavy atom. The van der Waals surface area contributed by atoms with Crippen molar-refractivity contribution in [2.24, 2.45) is 0 Å². The highest BCUT2D eigenvalue weighted by Crippen LogP contribution is 2.23. The first kappa shape index (κ1) is 16.9. The molecule has 0 spiro atoms. The number of fused-ring (bicyclic) bond motifs is 2. The summed E-state index contributed by atoms with van der Waals surface area (Å²) in [6.45, 7) is 0. The van der Waals surface area contributed by atoms with E-state index < -0.39 is 0 Å². The van der Waals surface area contributed by atoms with Gasteiger partial charge in [0.15, 0.2) is 5.43 Å². The van der Waals surface area contributed by atoms with Crippen LogP contribution in [0.1, 0.15) is 0 Å². The second-order valence-electron chi connectivity index (χ2n) is 3.42. The summed E-state index contributed by atoms with van der Waals surface area (Å²) < 4.78 is 2.11. The molecule has 3 rings (SSSR count). The van der Waals surface area contributed by atoms with Crippen LogP contribution in [-0.4, -0.2) is 5.48 Å². The number of rotatable bonds is 0. The van der Waals surface area contributed by atoms with Crippen molar-refractivity contribution in [1.82, 2.24) is 0 Å². The summed E-state index contributed by atoms with van der Waals surface area (Å²) >= 11 is 1.67. The molecule has 0 saturated carbocycles. The topological polar surface area (TPSA) is 48.6 Å². The molecule has 0 atom stereocenters. The maximum atomic E-state index is 12.1. The molecule has 0 unspecified atom stereocenters. The fraction of sp³-hybridized carbons (Fsp3) is 0. The molecular formula is C13H12Cl2O2S. The van der Waals surface area contributed by atoms with Gasteiger partial charge in [-0.3, -0.25) is 4.79 Å². The van der Waals surface area contributed by atoms with E-state index in [0.29, 0.717) is 0 Å². The fourth-order valence-corrected chi connectivity index (χ4v) is 2.82. The summed E-state index contributed by atoms with van der Waals surface area (Å²) in [4.78, 5) is 12.1. The average Bonchev–Trinajstić information content (AvgIpc) is 2.30. The number of hydrogen-bond acceptors (Lipinski definition) is 2. The lowest BCUT2D eigenvalue weighted by Gasteiger charge is -1.99. The molecule has 1 heterocycles. The van der Waals surface area contributed by atoms with Crippen molar-refractivity contribution < 1.29 is 5.48 Å². The molecule has 0 aliphatic heterocycles. The summed E-state index contributed by atoms with van der Waals surface area (Å²) in [6, 6.07) is 15.5. The summed E-state index contributed by atoms with van der Waals surface area (Å²) in [5, 5.41) is 1.64. The van der Waals surface area contributed by atoms with E-state index in [1.807, 2.05) is 48.5 Å². The third kappa shape index (κ3) is 2.65. The van der Waals surface area contributed by atoms with Crippen molar-refractivity contribution in [3.05, 3.63) is 58.8 Å². The standard InChI is InChI=1S/C13H8OS.2ClH.H2O/c14-13-9-5-1-3-7-11(9)15-12-8-4-2-6-10(12)13;;;/h1-8H;2*1H;1H2. The van der Waals surface area contributed by atoms with E-state index in [1.54, 1.807) is 11.3 Å². The van der Waals surface area contributed by atoms with Gasteiger partial charge in [-0.25, -0.2) is 0 Å². The maximum Gasteiger partial charge on any atom is 0.195 e. The van der Waals surface area contributed by atoms with Gasteiger partial charge in [0, 0.05) is 20.2 Å². The van der Waals surface area contributed by atoms with E-state index in [2.05, 4.69) is 0 Å². The summed E-state index contributed by atoms with van der Waals surface area (Å²) in [6.07, 6.45) is 0. The van der Waals surface area contributed by atoms with Gasteiger partial charge in [-0.1, -0.05) is 24.3 Å². The minimum Gasteiger partial charge on any atom is -0.412 e. The molecule has 0 radical (unpaired) electrons. The normalized spacial score (nSPS) is 9.11. The Hall–Kier alpha value is -1.13. The van der Waals surface area contributed by atoms with Gasteiger partial charge < -0.3 is 5.48 Å². The summed E-state index contributed by atoms with van der Waals surface area (Å²) in [5.74, 6) is 0. The maximum absolute atomic E-state index is 12.1. The fourth-order valence-electron chi connectivity index (χ4n) is 1.75. The molecule has 0 amide bonds. The number of hydrogen-bond donors (Lipinski definition) is 0. The largest absolute Gasteiger partial charge is 0.412 e. The van der Waals surface area contributed by atoms with Crippen LogP contribution in [0.15, 0.2) is 53.3 Å². The van der Waals surface area contributed by atoms with Gasteiger partial charge in [-0.15, -0.1) is 36.2 Å². The molecule has 3 aromatic rings. The van der Waals surface area contributed by atoms with Crippen LogP contribution in [0.4, 0.5) is 0 Å². The van der Waals surface area contributed by atoms with Gasteiger partial charge in [0.2, 0.25) is 0 Å². The van der Waals surface area contributed by atoms with Crippen LogP contribution in [0, 0.1) is 0 Å². The second-order valence-corrected chi connectivity index (χ2v) is 4.51. The minimum atomic E-state index is 0. The van der Waals surface area contributed by atoms with Gasteiger partial charge in [-0.2, -0.15) is 0 Å². The molecule has 96 valence electrons. The van der Waals surface area contributed by atoms with Gasteiger partial charge in [-0.05, 0) is 24.3 Å². The Balaban J connectivity index is 0.000000963. The average molecular weight is 303 g/mol. The number of benzene rings is 2. The van der Waals surface area contributed by atoms with E-state index in [0.717, 1.165) is 20.2 Å². The number of halogens is 2. The van der Waals surface area contributed by atoms with Crippen LogP contribution in [0.5, 0.6) is 0 Å². The first-order valence-corrected chi connectivity index (χ1v) is 5.58. The van der Waals surface area contributed by atoms with E-state index in [9.17, 15) is 4.79 Å². The highest BCUT2D eigenvalue weighted by molar-refractivity contribution is 7.24. The molecule has 2 nitrogen and oxygen atoms in total. The van der Waals surface area contributed by atoms with Crippen LogP contribution in [0.2, 0.25) is 0 Å². The third-order valence-electron chi connectivity index (χ3n) is 2.48. The smallest absolute Gasteiger partial charge is 0.195 e. The zero-order chi connectivity index (χ0) is 10.3. The molecule has 0 aliphatic carbocycles. The minimum absolute atomic E-state index is 0. The Kier molecular flexibility index (Phi) is 6.29. The van der Waals surface area contributed by atoms with Gasteiger partial charge in [0.05, 0.1) is 0 Å². The lowest BCUT2D eigenvalue weighted by molar-refractivity contribution is 0.824. The van der Waals surface area contributed by atoms with Gasteiger partial charge in [0.25, 0.3) is 0 Å². The van der Waals surface area contributed by atoms with E-state index in [1.165, 1.54) is 0 Å². The first-order valence-electron chi connectivity index (χ1n) is 4.77. The first-order chi connectivity index (χ1) is 7.36. The SMILES string of the molecule is Cl.Cl.O.O=c1c2ccccc2sc2ccccc12. The zero-order valence-corrected chi connectivity index (χ0v) is 11.7. The van der Waals surface area contributed by atoms with Crippen molar-refractivity contribution in [1.29, 1.82) is 0 Å². The predicted molar refractivity (Wildman–Crippen MR) is 83.7 cm³/mol. The predicted octanol–water partition coefficient (Wildman–Crippen LogP) is 3.43. The molecule has 0 bridgehead atoms. The van der Waals surface area contributed by atoms with Crippen LogP contribution in [-0.2, 0) is 0 Å². The lowest BCUT2D eigenvalue weighted by Crippen LogP contribution is -1.99. The molecule has 2 N–H and O–H groups in total. The van der Waals surface area contributed by atoms with Crippen molar-refractivity contribution >= 4 is 56.3 Å². The molecule has 2 aromatic carbocycles. The molecule has 5 heteroatoms. The second kappa shape index (κ2) is 6.71.